The molecule has 4 heterocycles. The number of carbonyl (C=O) groups is 1. The van der Waals surface area contributed by atoms with Crippen LogP contribution in [0.5, 0.6) is 0 Å². The first-order valence-electron chi connectivity index (χ1n) is 9.32. The molecule has 130 valence electrons. The summed E-state index contributed by atoms with van der Waals surface area (Å²) in [5.41, 5.74) is -0.411. The van der Waals surface area contributed by atoms with Crippen LogP contribution in [0.2, 0.25) is 0 Å². The van der Waals surface area contributed by atoms with Gasteiger partial charge in [0.1, 0.15) is 5.60 Å². The largest absolute Gasteiger partial charge is 0.444 e. The van der Waals surface area contributed by atoms with Gasteiger partial charge >= 0.3 is 6.09 Å². The lowest BCUT2D eigenvalue weighted by Crippen LogP contribution is -2.55. The lowest BCUT2D eigenvalue weighted by Gasteiger charge is -2.41. The molecule has 4 fully saturated rings. The summed E-state index contributed by atoms with van der Waals surface area (Å²) in [6.07, 6.45) is 8.80. The molecule has 5 atom stereocenters. The van der Waals surface area contributed by atoms with E-state index in [1.165, 1.54) is 19.3 Å². The van der Waals surface area contributed by atoms with Crippen LogP contribution in [0.3, 0.4) is 0 Å². The van der Waals surface area contributed by atoms with Gasteiger partial charge in [-0.2, -0.15) is 0 Å². The highest BCUT2D eigenvalue weighted by Crippen LogP contribution is 2.39. The van der Waals surface area contributed by atoms with E-state index < -0.39 is 5.60 Å². The van der Waals surface area contributed by atoms with Crippen molar-refractivity contribution in [3.05, 3.63) is 0 Å². The van der Waals surface area contributed by atoms with Crippen LogP contribution >= 0.6 is 0 Å². The van der Waals surface area contributed by atoms with E-state index in [1.54, 1.807) is 0 Å². The Labute approximate surface area is 139 Å². The van der Waals surface area contributed by atoms with E-state index in [9.17, 15) is 4.79 Å². The van der Waals surface area contributed by atoms with Gasteiger partial charge in [0.2, 0.25) is 0 Å². The van der Waals surface area contributed by atoms with Crippen molar-refractivity contribution in [2.24, 2.45) is 0 Å². The number of fused-ring (bicyclic) bond motifs is 4. The van der Waals surface area contributed by atoms with Crippen molar-refractivity contribution in [1.82, 2.24) is 10.2 Å². The van der Waals surface area contributed by atoms with Gasteiger partial charge in [-0.1, -0.05) is 0 Å². The van der Waals surface area contributed by atoms with Crippen LogP contribution < -0.4 is 5.32 Å². The maximum Gasteiger partial charge on any atom is 0.410 e. The first-order chi connectivity index (χ1) is 10.9. The number of nitrogens with one attached hydrogen (secondary N) is 1. The highest BCUT2D eigenvalue weighted by Gasteiger charge is 2.47. The number of hydrogen-bond acceptors (Lipinski definition) is 4. The Morgan fingerprint density at radius 1 is 1.09 bits per heavy atom. The summed E-state index contributed by atoms with van der Waals surface area (Å²) in [6.45, 7) is 5.82. The summed E-state index contributed by atoms with van der Waals surface area (Å²) in [7, 11) is 0. The Morgan fingerprint density at radius 2 is 1.78 bits per heavy atom. The summed E-state index contributed by atoms with van der Waals surface area (Å²) in [5.74, 6) is 0. The van der Waals surface area contributed by atoms with Crippen molar-refractivity contribution in [2.75, 3.05) is 0 Å². The lowest BCUT2D eigenvalue weighted by atomic mass is 9.92. The van der Waals surface area contributed by atoms with Crippen LogP contribution in [-0.2, 0) is 9.47 Å². The number of amides is 1. The smallest absolute Gasteiger partial charge is 0.410 e. The Kier molecular flexibility index (Phi) is 3.84. The fourth-order valence-electron chi connectivity index (χ4n) is 5.04. The van der Waals surface area contributed by atoms with Crippen molar-refractivity contribution >= 4 is 6.09 Å². The number of carbonyl (C=O) groups excluding carboxylic acids is 1. The summed E-state index contributed by atoms with van der Waals surface area (Å²) in [4.78, 5) is 14.5. The molecule has 1 N–H and O–H groups in total. The van der Waals surface area contributed by atoms with Gasteiger partial charge in [0, 0.05) is 24.2 Å². The molecule has 4 aliphatic rings. The maximum atomic E-state index is 12.5. The number of rotatable bonds is 2. The van der Waals surface area contributed by atoms with Gasteiger partial charge in [-0.25, -0.2) is 4.79 Å². The standard InChI is InChI=1S/C18H30N2O3/c1-18(2,3)23-17(21)20-12-4-5-13(20)9-11(8-12)19-15-10-14-6-7-16(15)22-14/h11-16,19H,4-10H2,1-3H3. The molecule has 23 heavy (non-hydrogen) atoms. The molecule has 0 saturated carbocycles. The molecule has 1 amide bonds. The number of piperidine rings is 1. The monoisotopic (exact) mass is 322 g/mol. The third kappa shape index (κ3) is 3.10. The van der Waals surface area contributed by atoms with E-state index in [0.29, 0.717) is 36.4 Å². The minimum atomic E-state index is -0.411. The van der Waals surface area contributed by atoms with Crippen LogP contribution in [0.25, 0.3) is 0 Å². The minimum Gasteiger partial charge on any atom is -0.444 e. The summed E-state index contributed by atoms with van der Waals surface area (Å²) in [5, 5.41) is 3.85. The molecular weight excluding hydrogens is 292 g/mol. The predicted molar refractivity (Wildman–Crippen MR) is 87.3 cm³/mol. The second-order valence-electron chi connectivity index (χ2n) is 8.82. The van der Waals surface area contributed by atoms with Gasteiger partial charge in [-0.3, -0.25) is 0 Å². The van der Waals surface area contributed by atoms with Crippen LogP contribution in [0.1, 0.15) is 65.7 Å². The molecule has 0 aromatic carbocycles. The third-order valence-corrected chi connectivity index (χ3v) is 5.89. The molecule has 5 nitrogen and oxygen atoms in total. The predicted octanol–water partition coefficient (Wildman–Crippen LogP) is 2.83. The number of ether oxygens (including phenoxy) is 2. The molecule has 0 radical (unpaired) electrons. The van der Waals surface area contributed by atoms with Crippen LogP contribution in [0, 0.1) is 0 Å². The molecule has 4 bridgehead atoms. The van der Waals surface area contributed by atoms with Gasteiger partial charge in [-0.05, 0) is 65.7 Å². The highest BCUT2D eigenvalue weighted by atomic mass is 16.6. The van der Waals surface area contributed by atoms with E-state index in [4.69, 9.17) is 9.47 Å². The molecule has 0 spiro atoms. The average Bonchev–Trinajstić information content (AvgIpc) is 3.10. The molecule has 5 unspecified atom stereocenters. The fraction of sp³-hybridized carbons (Fsp3) is 0.944. The van der Waals surface area contributed by atoms with Crippen molar-refractivity contribution in [1.29, 1.82) is 0 Å². The van der Waals surface area contributed by atoms with E-state index >= 15 is 0 Å². The summed E-state index contributed by atoms with van der Waals surface area (Å²) in [6, 6.07) is 1.76. The first-order valence-corrected chi connectivity index (χ1v) is 9.32. The maximum absolute atomic E-state index is 12.5. The van der Waals surface area contributed by atoms with E-state index in [2.05, 4.69) is 5.32 Å². The quantitative estimate of drug-likeness (QED) is 0.849. The van der Waals surface area contributed by atoms with Crippen molar-refractivity contribution in [3.63, 3.8) is 0 Å². The number of nitrogens with zero attached hydrogens (tertiary/aromatic N) is 1. The zero-order valence-corrected chi connectivity index (χ0v) is 14.6. The molecule has 0 aromatic rings. The SMILES string of the molecule is CC(C)(C)OC(=O)N1C2CCC1CC(NC1CC3CCC1O3)C2. The Hall–Kier alpha value is -0.810. The van der Waals surface area contributed by atoms with Crippen molar-refractivity contribution in [3.8, 4) is 0 Å². The normalized spacial score (nSPS) is 42.3. The summed E-state index contributed by atoms with van der Waals surface area (Å²) >= 11 is 0. The van der Waals surface area contributed by atoms with Gasteiger partial charge in [0.15, 0.2) is 0 Å². The zero-order chi connectivity index (χ0) is 16.2. The Balaban J connectivity index is 1.35. The average molecular weight is 322 g/mol. The van der Waals surface area contributed by atoms with Gasteiger partial charge < -0.3 is 19.7 Å². The van der Waals surface area contributed by atoms with E-state index in [1.807, 2.05) is 25.7 Å². The Morgan fingerprint density at radius 3 is 2.30 bits per heavy atom. The van der Waals surface area contributed by atoms with E-state index in [0.717, 1.165) is 25.7 Å². The van der Waals surface area contributed by atoms with Crippen LogP contribution in [0.4, 0.5) is 4.79 Å². The van der Waals surface area contributed by atoms with E-state index in [-0.39, 0.29) is 6.09 Å². The van der Waals surface area contributed by atoms with Crippen molar-refractivity contribution in [2.45, 2.75) is 108 Å². The first kappa shape index (κ1) is 15.7. The Bertz CT molecular complexity index is 461. The van der Waals surface area contributed by atoms with Crippen molar-refractivity contribution < 1.29 is 14.3 Å². The lowest BCUT2D eigenvalue weighted by molar-refractivity contribution is 0.00369. The van der Waals surface area contributed by atoms with Gasteiger partial charge in [0.05, 0.1) is 12.2 Å². The molecule has 5 heteroatoms. The molecule has 4 rings (SSSR count). The van der Waals surface area contributed by atoms with Gasteiger partial charge in [-0.15, -0.1) is 0 Å². The molecule has 0 aromatic heterocycles. The zero-order valence-electron chi connectivity index (χ0n) is 14.6. The fourth-order valence-corrected chi connectivity index (χ4v) is 5.04. The second kappa shape index (κ2) is 5.62. The topological polar surface area (TPSA) is 50.8 Å². The summed E-state index contributed by atoms with van der Waals surface area (Å²) < 4.78 is 11.6. The second-order valence-corrected chi connectivity index (χ2v) is 8.82. The highest BCUT2D eigenvalue weighted by molar-refractivity contribution is 5.69. The molecular formula is C18H30N2O3. The molecule has 4 saturated heterocycles. The minimum absolute atomic E-state index is 0.119. The van der Waals surface area contributed by atoms with Crippen LogP contribution in [-0.4, -0.2) is 53.0 Å². The third-order valence-electron chi connectivity index (χ3n) is 5.89. The molecule has 0 aliphatic carbocycles. The molecule has 4 aliphatic heterocycles. The van der Waals surface area contributed by atoms with Crippen LogP contribution in [0.15, 0.2) is 0 Å². The van der Waals surface area contributed by atoms with Gasteiger partial charge in [0.25, 0.3) is 0 Å². The number of hydrogen-bond donors (Lipinski definition) is 1.